The number of anilines is 1. The quantitative estimate of drug-likeness (QED) is 0.738. The van der Waals surface area contributed by atoms with E-state index in [1.54, 1.807) is 6.92 Å². The average Bonchev–Trinajstić information content (AvgIpc) is 2.51. The van der Waals surface area contributed by atoms with Gasteiger partial charge < -0.3 is 10.2 Å². The van der Waals surface area contributed by atoms with Crippen LogP contribution in [0.1, 0.15) is 24.0 Å². The van der Waals surface area contributed by atoms with Gasteiger partial charge in [-0.3, -0.25) is 9.52 Å². The molecule has 1 heterocycles. The Morgan fingerprint density at radius 3 is 2.80 bits per heavy atom. The molecule has 1 amide bonds. The molecule has 84 valence electrons. The average molecular weight is 233 g/mol. The van der Waals surface area contributed by atoms with E-state index >= 15 is 0 Å². The van der Waals surface area contributed by atoms with Crippen molar-refractivity contribution in [1.29, 1.82) is 0 Å². The van der Waals surface area contributed by atoms with E-state index in [1.807, 2.05) is 0 Å². The molecule has 8 heteroatoms. The fourth-order valence-electron chi connectivity index (χ4n) is 0.913. The maximum absolute atomic E-state index is 11.3. The van der Waals surface area contributed by atoms with Crippen molar-refractivity contribution in [2.45, 2.75) is 13.3 Å². The second-order valence-electron chi connectivity index (χ2n) is 2.82. The third kappa shape index (κ3) is 3.24. The van der Waals surface area contributed by atoms with Gasteiger partial charge in [0.05, 0.1) is 5.75 Å². The van der Waals surface area contributed by atoms with Gasteiger partial charge >= 0.3 is 5.91 Å². The summed E-state index contributed by atoms with van der Waals surface area (Å²) >= 11 is 0. The summed E-state index contributed by atoms with van der Waals surface area (Å²) in [6, 6.07) is 0. The molecule has 0 saturated heterocycles. The fourth-order valence-corrected chi connectivity index (χ4v) is 1.96. The molecule has 1 rings (SSSR count). The highest BCUT2D eigenvalue weighted by Gasteiger charge is 2.14. The summed E-state index contributed by atoms with van der Waals surface area (Å²) < 4.78 is 29.3. The summed E-state index contributed by atoms with van der Waals surface area (Å²) in [5.41, 5.74) is 4.88. The Morgan fingerprint density at radius 1 is 1.67 bits per heavy atom. The number of hydrogen-bond acceptors (Lipinski definition) is 5. The Balaban J connectivity index is 2.77. The molecule has 0 spiro atoms. The summed E-state index contributed by atoms with van der Waals surface area (Å²) in [6.07, 6.45) is 1.50. The van der Waals surface area contributed by atoms with Crippen LogP contribution in [-0.2, 0) is 10.0 Å². The predicted octanol–water partition coefficient (Wildman–Crippen LogP) is -0.0748. The lowest BCUT2D eigenvalue weighted by Gasteiger charge is -2.01. The van der Waals surface area contributed by atoms with E-state index in [2.05, 4.69) is 14.1 Å². The van der Waals surface area contributed by atoms with Crippen molar-refractivity contribution in [3.05, 3.63) is 12.2 Å². The van der Waals surface area contributed by atoms with Crippen LogP contribution in [0.5, 0.6) is 0 Å². The van der Waals surface area contributed by atoms with Gasteiger partial charge in [-0.2, -0.15) is 4.98 Å². The zero-order chi connectivity index (χ0) is 11.5. The minimum atomic E-state index is -3.42. The third-order valence-corrected chi connectivity index (χ3v) is 2.91. The van der Waals surface area contributed by atoms with Crippen LogP contribution in [0.25, 0.3) is 0 Å². The van der Waals surface area contributed by atoms with Gasteiger partial charge in [0.15, 0.2) is 5.82 Å². The van der Waals surface area contributed by atoms with Gasteiger partial charge in [0.1, 0.15) is 6.26 Å². The van der Waals surface area contributed by atoms with E-state index in [1.165, 1.54) is 0 Å². The standard InChI is InChI=1S/C7H11N3O4S/c1-2-3-15(12,13)10-5-4-14-7(9-5)6(8)11/h4,10H,2-3H2,1H3,(H2,8,11). The molecule has 0 radical (unpaired) electrons. The van der Waals surface area contributed by atoms with Crippen LogP contribution >= 0.6 is 0 Å². The first-order valence-corrected chi connectivity index (χ1v) is 5.85. The molecule has 7 nitrogen and oxygen atoms in total. The molecule has 0 aliphatic carbocycles. The van der Waals surface area contributed by atoms with E-state index in [0.717, 1.165) is 6.26 Å². The molecular weight excluding hydrogens is 222 g/mol. The number of nitrogens with two attached hydrogens (primary N) is 1. The Morgan fingerprint density at radius 2 is 2.33 bits per heavy atom. The van der Waals surface area contributed by atoms with E-state index in [-0.39, 0.29) is 17.5 Å². The molecule has 0 atom stereocenters. The smallest absolute Gasteiger partial charge is 0.304 e. The number of primary amides is 1. The predicted molar refractivity (Wildman–Crippen MR) is 52.7 cm³/mol. The fraction of sp³-hybridized carbons (Fsp3) is 0.429. The van der Waals surface area contributed by atoms with Gasteiger partial charge in [0.25, 0.3) is 5.89 Å². The van der Waals surface area contributed by atoms with Crippen LogP contribution in [0.4, 0.5) is 5.82 Å². The van der Waals surface area contributed by atoms with Crippen LogP contribution in [-0.4, -0.2) is 25.1 Å². The number of amides is 1. The number of aromatic nitrogens is 1. The van der Waals surface area contributed by atoms with Gasteiger partial charge in [-0.05, 0) is 6.42 Å². The number of rotatable bonds is 5. The number of carbonyl (C=O) groups is 1. The Hall–Kier alpha value is -1.57. The molecule has 0 aromatic carbocycles. The highest BCUT2D eigenvalue weighted by atomic mass is 32.2. The van der Waals surface area contributed by atoms with Crippen LogP contribution in [0.15, 0.2) is 10.7 Å². The van der Waals surface area contributed by atoms with Crippen LogP contribution < -0.4 is 10.5 Å². The highest BCUT2D eigenvalue weighted by molar-refractivity contribution is 7.92. The van der Waals surface area contributed by atoms with E-state index in [0.29, 0.717) is 6.42 Å². The number of hydrogen-bond donors (Lipinski definition) is 2. The lowest BCUT2D eigenvalue weighted by Crippen LogP contribution is -2.17. The Labute approximate surface area is 86.7 Å². The molecule has 0 fully saturated rings. The van der Waals surface area contributed by atoms with Gasteiger partial charge in [-0.15, -0.1) is 0 Å². The van der Waals surface area contributed by atoms with Crippen molar-refractivity contribution in [1.82, 2.24) is 4.98 Å². The number of sulfonamides is 1. The minimum Gasteiger partial charge on any atom is -0.439 e. The molecule has 0 unspecified atom stereocenters. The first-order valence-electron chi connectivity index (χ1n) is 4.20. The molecular formula is C7H11N3O4S. The summed E-state index contributed by atoms with van der Waals surface area (Å²) in [6.45, 7) is 1.73. The summed E-state index contributed by atoms with van der Waals surface area (Å²) in [5, 5.41) is 0. The number of carbonyl (C=O) groups excluding carboxylic acids is 1. The summed E-state index contributed by atoms with van der Waals surface area (Å²) in [4.78, 5) is 14.1. The number of oxazole rings is 1. The van der Waals surface area contributed by atoms with Crippen LogP contribution in [0.3, 0.4) is 0 Å². The molecule has 0 bridgehead atoms. The summed E-state index contributed by atoms with van der Waals surface area (Å²) in [7, 11) is -3.42. The second-order valence-corrected chi connectivity index (χ2v) is 4.66. The van der Waals surface area contributed by atoms with Gasteiger partial charge in [0, 0.05) is 0 Å². The largest absolute Gasteiger partial charge is 0.439 e. The summed E-state index contributed by atoms with van der Waals surface area (Å²) in [5.74, 6) is -1.25. The van der Waals surface area contributed by atoms with Crippen LogP contribution in [0.2, 0.25) is 0 Å². The van der Waals surface area contributed by atoms with Gasteiger partial charge in [-0.1, -0.05) is 6.92 Å². The maximum Gasteiger partial charge on any atom is 0.304 e. The lowest BCUT2D eigenvalue weighted by molar-refractivity contribution is 0.0967. The van der Waals surface area contributed by atoms with Crippen molar-refractivity contribution in [2.75, 3.05) is 10.5 Å². The molecule has 1 aromatic heterocycles. The van der Waals surface area contributed by atoms with Gasteiger partial charge in [-0.25, -0.2) is 8.42 Å². The third-order valence-electron chi connectivity index (χ3n) is 1.45. The maximum atomic E-state index is 11.3. The lowest BCUT2D eigenvalue weighted by atomic mass is 10.6. The molecule has 3 N–H and O–H groups in total. The zero-order valence-corrected chi connectivity index (χ0v) is 8.87. The molecule has 0 saturated carbocycles. The Bertz CT molecular complexity index is 451. The van der Waals surface area contributed by atoms with E-state index < -0.39 is 15.9 Å². The topological polar surface area (TPSA) is 115 Å². The van der Waals surface area contributed by atoms with Crippen molar-refractivity contribution in [3.8, 4) is 0 Å². The normalized spacial score (nSPS) is 11.3. The second kappa shape index (κ2) is 4.30. The van der Waals surface area contributed by atoms with Crippen molar-refractivity contribution < 1.29 is 17.6 Å². The molecule has 0 aliphatic heterocycles. The highest BCUT2D eigenvalue weighted by Crippen LogP contribution is 2.09. The SMILES string of the molecule is CCCS(=O)(=O)Nc1coc(C(N)=O)n1. The zero-order valence-electron chi connectivity index (χ0n) is 8.06. The molecule has 15 heavy (non-hydrogen) atoms. The Kier molecular flexibility index (Phi) is 3.30. The van der Waals surface area contributed by atoms with Crippen molar-refractivity contribution in [2.24, 2.45) is 5.73 Å². The molecule has 0 aliphatic rings. The minimum absolute atomic E-state index is 0.0221. The van der Waals surface area contributed by atoms with Crippen molar-refractivity contribution >= 4 is 21.7 Å². The number of nitrogens with one attached hydrogen (secondary N) is 1. The van der Waals surface area contributed by atoms with E-state index in [4.69, 9.17) is 5.73 Å². The van der Waals surface area contributed by atoms with E-state index in [9.17, 15) is 13.2 Å². The van der Waals surface area contributed by atoms with Crippen molar-refractivity contribution in [3.63, 3.8) is 0 Å². The molecule has 1 aromatic rings. The first kappa shape index (κ1) is 11.5. The first-order chi connectivity index (χ1) is 6.94. The van der Waals surface area contributed by atoms with Gasteiger partial charge in [0.2, 0.25) is 10.0 Å². The monoisotopic (exact) mass is 233 g/mol. The van der Waals surface area contributed by atoms with Crippen LogP contribution in [0, 0.1) is 0 Å². The number of nitrogens with zero attached hydrogens (tertiary/aromatic N) is 1.